The van der Waals surface area contributed by atoms with E-state index in [1.807, 2.05) is 11.8 Å². The molecule has 0 spiro atoms. The molecule has 0 N–H and O–H groups in total. The normalized spacial score (nSPS) is 28.9. The minimum absolute atomic E-state index is 0.370. The Morgan fingerprint density at radius 1 is 1.58 bits per heavy atom. The number of hydrogen-bond acceptors (Lipinski definition) is 2. The molecular formula is C10H18OS. The number of Topliss-reactive ketones (excluding diaryl/α,β-unsaturated/α-hetero) is 1. The fourth-order valence-electron chi connectivity index (χ4n) is 1.69. The van der Waals surface area contributed by atoms with E-state index in [1.54, 1.807) is 0 Å². The first-order chi connectivity index (χ1) is 5.56. The molecule has 0 heterocycles. The second-order valence-corrected chi connectivity index (χ2v) is 5.66. The van der Waals surface area contributed by atoms with Gasteiger partial charge in [-0.3, -0.25) is 4.79 Å². The zero-order valence-electron chi connectivity index (χ0n) is 8.22. The molecule has 1 aliphatic carbocycles. The van der Waals surface area contributed by atoms with Gasteiger partial charge >= 0.3 is 0 Å². The highest BCUT2D eigenvalue weighted by molar-refractivity contribution is 7.99. The van der Waals surface area contributed by atoms with Crippen LogP contribution in [-0.2, 0) is 4.79 Å². The summed E-state index contributed by atoms with van der Waals surface area (Å²) in [4.78, 5) is 11.2. The van der Waals surface area contributed by atoms with Gasteiger partial charge in [-0.15, -0.1) is 0 Å². The minimum Gasteiger partial charge on any atom is -0.300 e. The van der Waals surface area contributed by atoms with Gasteiger partial charge in [0.1, 0.15) is 5.78 Å². The molecule has 2 heteroatoms. The van der Waals surface area contributed by atoms with Gasteiger partial charge < -0.3 is 0 Å². The standard InChI is InChI=1S/C10H18OS/c1-4-12-9-7-8(11)5-6-10(9,2)3/h9H,4-7H2,1-3H3. The Morgan fingerprint density at radius 2 is 2.25 bits per heavy atom. The van der Waals surface area contributed by atoms with Gasteiger partial charge in [0.15, 0.2) is 0 Å². The molecule has 1 saturated carbocycles. The summed E-state index contributed by atoms with van der Waals surface area (Å²) in [5.41, 5.74) is 0.370. The maximum Gasteiger partial charge on any atom is 0.134 e. The predicted octanol–water partition coefficient (Wildman–Crippen LogP) is 2.89. The lowest BCUT2D eigenvalue weighted by molar-refractivity contribution is -0.121. The summed E-state index contributed by atoms with van der Waals surface area (Å²) >= 11 is 1.94. The fraction of sp³-hybridized carbons (Fsp3) is 0.900. The quantitative estimate of drug-likeness (QED) is 0.659. The highest BCUT2D eigenvalue weighted by Crippen LogP contribution is 2.41. The molecule has 12 heavy (non-hydrogen) atoms. The molecule has 1 unspecified atom stereocenters. The number of carbonyl (C=O) groups is 1. The van der Waals surface area contributed by atoms with Crippen LogP contribution < -0.4 is 0 Å². The number of ketones is 1. The van der Waals surface area contributed by atoms with E-state index in [2.05, 4.69) is 20.8 Å². The van der Waals surface area contributed by atoms with E-state index in [9.17, 15) is 4.79 Å². The molecule has 1 fully saturated rings. The molecule has 0 bridgehead atoms. The molecular weight excluding hydrogens is 168 g/mol. The van der Waals surface area contributed by atoms with E-state index in [0.29, 0.717) is 16.4 Å². The van der Waals surface area contributed by atoms with Gasteiger partial charge in [-0.25, -0.2) is 0 Å². The Hall–Kier alpha value is 0.0200. The molecule has 1 aliphatic rings. The van der Waals surface area contributed by atoms with Crippen LogP contribution in [0.25, 0.3) is 0 Å². The monoisotopic (exact) mass is 186 g/mol. The second kappa shape index (κ2) is 3.82. The van der Waals surface area contributed by atoms with Gasteiger partial charge in [0.2, 0.25) is 0 Å². The SMILES string of the molecule is CCSC1CC(=O)CCC1(C)C. The summed E-state index contributed by atoms with van der Waals surface area (Å²) in [7, 11) is 0. The second-order valence-electron chi connectivity index (χ2n) is 4.18. The van der Waals surface area contributed by atoms with Crippen molar-refractivity contribution in [2.75, 3.05) is 5.75 Å². The number of rotatable bonds is 2. The lowest BCUT2D eigenvalue weighted by Crippen LogP contribution is -2.34. The molecule has 0 radical (unpaired) electrons. The first kappa shape index (κ1) is 10.1. The fourth-order valence-corrected chi connectivity index (χ4v) is 2.97. The Bertz CT molecular complexity index is 175. The zero-order chi connectivity index (χ0) is 9.19. The van der Waals surface area contributed by atoms with Crippen molar-refractivity contribution in [1.29, 1.82) is 0 Å². The van der Waals surface area contributed by atoms with Gasteiger partial charge in [0, 0.05) is 18.1 Å². The maximum atomic E-state index is 11.2. The highest BCUT2D eigenvalue weighted by atomic mass is 32.2. The third-order valence-electron chi connectivity index (χ3n) is 2.70. The van der Waals surface area contributed by atoms with Crippen molar-refractivity contribution >= 4 is 17.5 Å². The van der Waals surface area contributed by atoms with Crippen LogP contribution in [0, 0.1) is 5.41 Å². The molecule has 70 valence electrons. The highest BCUT2D eigenvalue weighted by Gasteiger charge is 2.35. The van der Waals surface area contributed by atoms with Crippen molar-refractivity contribution in [3.63, 3.8) is 0 Å². The van der Waals surface area contributed by atoms with Gasteiger partial charge in [-0.05, 0) is 17.6 Å². The van der Waals surface area contributed by atoms with Crippen molar-refractivity contribution < 1.29 is 4.79 Å². The topological polar surface area (TPSA) is 17.1 Å². The van der Waals surface area contributed by atoms with Crippen LogP contribution in [0.1, 0.15) is 40.0 Å². The third kappa shape index (κ3) is 2.25. The smallest absolute Gasteiger partial charge is 0.134 e. The van der Waals surface area contributed by atoms with Gasteiger partial charge in [-0.1, -0.05) is 20.8 Å². The van der Waals surface area contributed by atoms with Gasteiger partial charge in [0.05, 0.1) is 0 Å². The molecule has 1 atom stereocenters. The minimum atomic E-state index is 0.370. The summed E-state index contributed by atoms with van der Waals surface area (Å²) in [5.74, 6) is 1.58. The van der Waals surface area contributed by atoms with Crippen LogP contribution in [0.4, 0.5) is 0 Å². The van der Waals surface area contributed by atoms with Crippen LogP contribution in [0.3, 0.4) is 0 Å². The molecule has 0 saturated heterocycles. The van der Waals surface area contributed by atoms with E-state index in [1.165, 1.54) is 0 Å². The molecule has 0 aromatic rings. The lowest BCUT2D eigenvalue weighted by atomic mass is 9.76. The Labute approximate surface area is 79.3 Å². The summed E-state index contributed by atoms with van der Waals surface area (Å²) < 4.78 is 0. The number of hydrogen-bond donors (Lipinski definition) is 0. The van der Waals surface area contributed by atoms with Crippen molar-refractivity contribution in [2.45, 2.75) is 45.3 Å². The van der Waals surface area contributed by atoms with E-state index in [0.717, 1.165) is 25.0 Å². The van der Waals surface area contributed by atoms with Crippen LogP contribution in [0.5, 0.6) is 0 Å². The average Bonchev–Trinajstić information content (AvgIpc) is 1.98. The molecule has 1 nitrogen and oxygen atoms in total. The Balaban J connectivity index is 2.58. The van der Waals surface area contributed by atoms with Crippen molar-refractivity contribution in [3.8, 4) is 0 Å². The van der Waals surface area contributed by atoms with Crippen LogP contribution >= 0.6 is 11.8 Å². The molecule has 0 aromatic heterocycles. The predicted molar refractivity (Wildman–Crippen MR) is 54.6 cm³/mol. The zero-order valence-corrected chi connectivity index (χ0v) is 9.04. The molecule has 0 aliphatic heterocycles. The van der Waals surface area contributed by atoms with Crippen LogP contribution in [-0.4, -0.2) is 16.8 Å². The van der Waals surface area contributed by atoms with Crippen molar-refractivity contribution in [3.05, 3.63) is 0 Å². The summed E-state index contributed by atoms with van der Waals surface area (Å²) in [6.07, 6.45) is 2.67. The van der Waals surface area contributed by atoms with Crippen LogP contribution in [0.15, 0.2) is 0 Å². The summed E-state index contributed by atoms with van der Waals surface area (Å²) in [6.45, 7) is 6.74. The van der Waals surface area contributed by atoms with Crippen molar-refractivity contribution in [2.24, 2.45) is 5.41 Å². The summed E-state index contributed by atoms with van der Waals surface area (Å²) in [6, 6.07) is 0. The van der Waals surface area contributed by atoms with E-state index < -0.39 is 0 Å². The first-order valence-electron chi connectivity index (χ1n) is 4.69. The Morgan fingerprint density at radius 3 is 2.83 bits per heavy atom. The van der Waals surface area contributed by atoms with Gasteiger partial charge in [-0.2, -0.15) is 11.8 Å². The largest absolute Gasteiger partial charge is 0.300 e. The summed E-state index contributed by atoms with van der Waals surface area (Å²) in [5, 5.41) is 0.559. The average molecular weight is 186 g/mol. The lowest BCUT2D eigenvalue weighted by Gasteiger charge is -2.37. The number of carbonyl (C=O) groups excluding carboxylic acids is 1. The van der Waals surface area contributed by atoms with Gasteiger partial charge in [0.25, 0.3) is 0 Å². The molecule has 1 rings (SSSR count). The Kier molecular flexibility index (Phi) is 3.22. The molecule has 0 aromatic carbocycles. The van der Waals surface area contributed by atoms with E-state index in [-0.39, 0.29) is 0 Å². The maximum absolute atomic E-state index is 11.2. The third-order valence-corrected chi connectivity index (χ3v) is 4.24. The van der Waals surface area contributed by atoms with Crippen LogP contribution in [0.2, 0.25) is 0 Å². The van der Waals surface area contributed by atoms with E-state index in [4.69, 9.17) is 0 Å². The van der Waals surface area contributed by atoms with E-state index >= 15 is 0 Å². The first-order valence-corrected chi connectivity index (χ1v) is 5.74. The van der Waals surface area contributed by atoms with Crippen molar-refractivity contribution in [1.82, 2.24) is 0 Å². The molecule has 0 amide bonds. The number of thioether (sulfide) groups is 1.